The van der Waals surface area contributed by atoms with Crippen LogP contribution in [0.4, 0.5) is 0 Å². The Labute approximate surface area is 127 Å². The molecule has 4 heteroatoms. The molecule has 4 nitrogen and oxygen atoms in total. The number of piperidine rings is 1. The van der Waals surface area contributed by atoms with E-state index in [-0.39, 0.29) is 11.9 Å². The highest BCUT2D eigenvalue weighted by Gasteiger charge is 2.29. The molecule has 1 aromatic rings. The van der Waals surface area contributed by atoms with Crippen LogP contribution in [0.1, 0.15) is 25.3 Å². The van der Waals surface area contributed by atoms with Gasteiger partial charge in [0, 0.05) is 0 Å². The van der Waals surface area contributed by atoms with Crippen LogP contribution in [0.2, 0.25) is 0 Å². The number of benzene rings is 1. The van der Waals surface area contributed by atoms with Crippen LogP contribution in [-0.4, -0.2) is 38.8 Å². The lowest BCUT2D eigenvalue weighted by Gasteiger charge is -2.28. The predicted molar refractivity (Wildman–Crippen MR) is 81.6 cm³/mol. The molecule has 0 spiro atoms. The van der Waals surface area contributed by atoms with Gasteiger partial charge in [0.05, 0.1) is 19.7 Å². The number of nitrogens with one attached hydrogen (secondary N) is 1. The van der Waals surface area contributed by atoms with E-state index in [0.29, 0.717) is 13.2 Å². The van der Waals surface area contributed by atoms with Gasteiger partial charge in [-0.05, 0) is 38.8 Å². The highest BCUT2D eigenvalue weighted by atomic mass is 16.5. The Balaban J connectivity index is 1.72. The SMILES string of the molecule is CCOC(=O)[C@@H]1CCC[NH+](CCOc2ccc(C)cc2)C1. The minimum absolute atomic E-state index is 0.0332. The topological polar surface area (TPSA) is 40.0 Å². The van der Waals surface area contributed by atoms with Gasteiger partial charge in [-0.25, -0.2) is 0 Å². The molecule has 1 unspecified atom stereocenters. The van der Waals surface area contributed by atoms with Crippen LogP contribution < -0.4 is 9.64 Å². The molecular weight excluding hydrogens is 266 g/mol. The van der Waals surface area contributed by atoms with Crippen LogP contribution in [0.25, 0.3) is 0 Å². The Morgan fingerprint density at radius 2 is 2.10 bits per heavy atom. The molecule has 1 N–H and O–H groups in total. The Kier molecular flexibility index (Phi) is 6.05. The van der Waals surface area contributed by atoms with Crippen LogP contribution in [0, 0.1) is 12.8 Å². The van der Waals surface area contributed by atoms with Crippen molar-refractivity contribution < 1.29 is 19.2 Å². The van der Waals surface area contributed by atoms with Crippen molar-refractivity contribution in [1.82, 2.24) is 0 Å². The summed E-state index contributed by atoms with van der Waals surface area (Å²) in [5.74, 6) is 0.946. The number of carbonyl (C=O) groups excluding carboxylic acids is 1. The lowest BCUT2D eigenvalue weighted by Crippen LogP contribution is -3.14. The van der Waals surface area contributed by atoms with Gasteiger partial charge in [0.1, 0.15) is 24.8 Å². The highest BCUT2D eigenvalue weighted by Crippen LogP contribution is 2.11. The Morgan fingerprint density at radius 1 is 1.33 bits per heavy atom. The molecule has 1 fully saturated rings. The third-order valence-corrected chi connectivity index (χ3v) is 3.98. The first-order valence-corrected chi connectivity index (χ1v) is 7.88. The number of aryl methyl sites for hydroxylation is 1. The van der Waals surface area contributed by atoms with Gasteiger partial charge in [-0.3, -0.25) is 4.79 Å². The molecule has 0 bridgehead atoms. The van der Waals surface area contributed by atoms with Gasteiger partial charge in [-0.1, -0.05) is 17.7 Å². The summed E-state index contributed by atoms with van der Waals surface area (Å²) < 4.78 is 10.9. The average Bonchev–Trinajstić information content (AvgIpc) is 2.50. The number of ether oxygens (including phenoxy) is 2. The van der Waals surface area contributed by atoms with Crippen molar-refractivity contribution in [3.63, 3.8) is 0 Å². The average molecular weight is 292 g/mol. The van der Waals surface area contributed by atoms with Crippen LogP contribution >= 0.6 is 0 Å². The van der Waals surface area contributed by atoms with Crippen molar-refractivity contribution in [3.8, 4) is 5.75 Å². The van der Waals surface area contributed by atoms with E-state index in [1.54, 1.807) is 0 Å². The maximum Gasteiger partial charge on any atom is 0.314 e. The molecule has 2 rings (SSSR count). The fraction of sp³-hybridized carbons (Fsp3) is 0.588. The third kappa shape index (κ3) is 5.05. The summed E-state index contributed by atoms with van der Waals surface area (Å²) in [6.07, 6.45) is 2.05. The van der Waals surface area contributed by atoms with Gasteiger partial charge in [0.25, 0.3) is 0 Å². The van der Waals surface area contributed by atoms with Crippen molar-refractivity contribution in [2.24, 2.45) is 5.92 Å². The van der Waals surface area contributed by atoms with Crippen LogP contribution in [0.15, 0.2) is 24.3 Å². The molecule has 1 aliphatic rings. The maximum absolute atomic E-state index is 11.8. The number of esters is 1. The zero-order chi connectivity index (χ0) is 15.1. The number of rotatable bonds is 6. The first-order chi connectivity index (χ1) is 10.2. The summed E-state index contributed by atoms with van der Waals surface area (Å²) in [5, 5.41) is 0. The smallest absolute Gasteiger partial charge is 0.314 e. The van der Waals surface area contributed by atoms with Crippen molar-refractivity contribution in [2.75, 3.05) is 32.8 Å². The summed E-state index contributed by atoms with van der Waals surface area (Å²) in [6, 6.07) is 8.12. The second-order valence-electron chi connectivity index (χ2n) is 5.71. The molecule has 0 radical (unpaired) electrons. The number of hydrogen-bond acceptors (Lipinski definition) is 3. The molecule has 1 heterocycles. The third-order valence-electron chi connectivity index (χ3n) is 3.98. The van der Waals surface area contributed by atoms with Gasteiger partial charge < -0.3 is 14.4 Å². The van der Waals surface area contributed by atoms with E-state index >= 15 is 0 Å². The molecule has 1 saturated heterocycles. The lowest BCUT2D eigenvalue weighted by molar-refractivity contribution is -0.907. The number of likely N-dealkylation sites (tertiary alicyclic amines) is 1. The van der Waals surface area contributed by atoms with E-state index < -0.39 is 0 Å². The molecule has 1 aliphatic heterocycles. The summed E-state index contributed by atoms with van der Waals surface area (Å²) in [4.78, 5) is 13.2. The molecule has 0 amide bonds. The van der Waals surface area contributed by atoms with E-state index in [1.165, 1.54) is 10.5 Å². The summed E-state index contributed by atoms with van der Waals surface area (Å²) in [7, 11) is 0. The molecule has 1 aromatic carbocycles. The molecule has 0 saturated carbocycles. The lowest BCUT2D eigenvalue weighted by atomic mass is 9.98. The van der Waals surface area contributed by atoms with Crippen molar-refractivity contribution in [2.45, 2.75) is 26.7 Å². The summed E-state index contributed by atoms with van der Waals surface area (Å²) >= 11 is 0. The van der Waals surface area contributed by atoms with E-state index in [0.717, 1.165) is 38.2 Å². The molecule has 21 heavy (non-hydrogen) atoms. The molecule has 116 valence electrons. The zero-order valence-corrected chi connectivity index (χ0v) is 13.1. The zero-order valence-electron chi connectivity index (χ0n) is 13.1. The standard InChI is InChI=1S/C17H25NO3/c1-3-20-17(19)15-5-4-10-18(13-15)11-12-21-16-8-6-14(2)7-9-16/h6-9,15H,3-5,10-13H2,1-2H3/p+1/t15-/m1/s1. The van der Waals surface area contributed by atoms with Crippen molar-refractivity contribution >= 4 is 5.97 Å². The molecular formula is C17H26NO3+. The minimum Gasteiger partial charge on any atom is -0.488 e. The van der Waals surface area contributed by atoms with Crippen LogP contribution in [0.5, 0.6) is 5.75 Å². The Bertz CT molecular complexity index is 444. The van der Waals surface area contributed by atoms with Gasteiger partial charge >= 0.3 is 5.97 Å². The van der Waals surface area contributed by atoms with E-state index in [1.807, 2.05) is 19.1 Å². The van der Waals surface area contributed by atoms with Gasteiger partial charge in [0.15, 0.2) is 0 Å². The van der Waals surface area contributed by atoms with Gasteiger partial charge in [-0.2, -0.15) is 0 Å². The highest BCUT2D eigenvalue weighted by molar-refractivity contribution is 5.72. The van der Waals surface area contributed by atoms with Crippen molar-refractivity contribution in [3.05, 3.63) is 29.8 Å². The molecule has 2 atom stereocenters. The Hall–Kier alpha value is -1.55. The first kappa shape index (κ1) is 15.8. The number of carbonyl (C=O) groups is 1. The first-order valence-electron chi connectivity index (χ1n) is 7.88. The maximum atomic E-state index is 11.8. The van der Waals surface area contributed by atoms with E-state index in [4.69, 9.17) is 9.47 Å². The van der Waals surface area contributed by atoms with Crippen molar-refractivity contribution in [1.29, 1.82) is 0 Å². The van der Waals surface area contributed by atoms with Crippen LogP contribution in [-0.2, 0) is 9.53 Å². The number of hydrogen-bond donors (Lipinski definition) is 1. The Morgan fingerprint density at radius 3 is 2.81 bits per heavy atom. The van der Waals surface area contributed by atoms with Gasteiger partial charge in [0.2, 0.25) is 0 Å². The predicted octanol–water partition coefficient (Wildman–Crippen LogP) is 1.23. The van der Waals surface area contributed by atoms with Gasteiger partial charge in [-0.15, -0.1) is 0 Å². The fourth-order valence-electron chi connectivity index (χ4n) is 2.79. The summed E-state index contributed by atoms with van der Waals surface area (Å²) in [5.41, 5.74) is 1.24. The second kappa shape index (κ2) is 8.03. The monoisotopic (exact) mass is 292 g/mol. The largest absolute Gasteiger partial charge is 0.488 e. The summed E-state index contributed by atoms with van der Waals surface area (Å²) in [6.45, 7) is 8.01. The quantitative estimate of drug-likeness (QED) is 0.802. The second-order valence-corrected chi connectivity index (χ2v) is 5.71. The number of quaternary nitrogens is 1. The molecule has 0 aromatic heterocycles. The van der Waals surface area contributed by atoms with E-state index in [2.05, 4.69) is 19.1 Å². The normalized spacial score (nSPS) is 21.8. The van der Waals surface area contributed by atoms with Crippen LogP contribution in [0.3, 0.4) is 0 Å². The molecule has 0 aliphatic carbocycles. The minimum atomic E-state index is -0.0332. The van der Waals surface area contributed by atoms with E-state index in [9.17, 15) is 4.79 Å². The fourth-order valence-corrected chi connectivity index (χ4v) is 2.79.